The molecule has 0 aliphatic rings. The van der Waals surface area contributed by atoms with Crippen molar-refractivity contribution in [3.05, 3.63) is 0 Å². The lowest BCUT2D eigenvalue weighted by molar-refractivity contribution is 0.122. The fourth-order valence-electron chi connectivity index (χ4n) is 1.38. The van der Waals surface area contributed by atoms with Crippen LogP contribution in [0.15, 0.2) is 0 Å². The molecule has 86 valence electrons. The van der Waals surface area contributed by atoms with Crippen molar-refractivity contribution in [2.75, 3.05) is 34.0 Å². The largest absolute Gasteiger partial charge is 0.385 e. The molecule has 3 heteroatoms. The fourth-order valence-corrected chi connectivity index (χ4v) is 1.38. The molecule has 0 bridgehead atoms. The van der Waals surface area contributed by atoms with Crippen molar-refractivity contribution in [2.24, 2.45) is 0 Å². The molecule has 0 aliphatic carbocycles. The number of hydrogen-bond donors (Lipinski definition) is 1. The maximum absolute atomic E-state index is 5.45. The second-order valence-electron chi connectivity index (χ2n) is 3.52. The topological polar surface area (TPSA) is 30.5 Å². The predicted molar refractivity (Wildman–Crippen MR) is 59.7 cm³/mol. The van der Waals surface area contributed by atoms with E-state index in [1.54, 1.807) is 7.11 Å². The molecular weight excluding hydrogens is 178 g/mol. The van der Waals surface area contributed by atoms with Crippen LogP contribution in [0.2, 0.25) is 0 Å². The van der Waals surface area contributed by atoms with Crippen molar-refractivity contribution in [1.82, 2.24) is 5.32 Å². The zero-order valence-electron chi connectivity index (χ0n) is 9.84. The Labute approximate surface area is 88.2 Å². The van der Waals surface area contributed by atoms with E-state index in [2.05, 4.69) is 12.2 Å². The van der Waals surface area contributed by atoms with Crippen LogP contribution in [0, 0.1) is 0 Å². The zero-order valence-corrected chi connectivity index (χ0v) is 9.84. The Kier molecular flexibility index (Phi) is 10.9. The average molecular weight is 203 g/mol. The normalized spacial score (nSPS) is 13.1. The van der Waals surface area contributed by atoms with E-state index in [0.717, 1.165) is 39.1 Å². The van der Waals surface area contributed by atoms with Crippen LogP contribution in [0.5, 0.6) is 0 Å². The first-order chi connectivity index (χ1) is 6.85. The van der Waals surface area contributed by atoms with Gasteiger partial charge in [-0.2, -0.15) is 0 Å². The summed E-state index contributed by atoms with van der Waals surface area (Å²) in [5.41, 5.74) is 0. The van der Waals surface area contributed by atoms with Crippen molar-refractivity contribution in [2.45, 2.75) is 38.6 Å². The molecule has 0 aromatic heterocycles. The summed E-state index contributed by atoms with van der Waals surface area (Å²) in [4.78, 5) is 0. The third-order valence-electron chi connectivity index (χ3n) is 2.27. The van der Waals surface area contributed by atoms with E-state index in [4.69, 9.17) is 9.47 Å². The van der Waals surface area contributed by atoms with Gasteiger partial charge in [0.2, 0.25) is 0 Å². The minimum Gasteiger partial charge on any atom is -0.385 e. The monoisotopic (exact) mass is 203 g/mol. The molecule has 0 amide bonds. The smallest absolute Gasteiger partial charge is 0.0480 e. The minimum atomic E-state index is 0.571. The van der Waals surface area contributed by atoms with Gasteiger partial charge in [0, 0.05) is 33.0 Å². The summed E-state index contributed by atoms with van der Waals surface area (Å²) in [5.74, 6) is 0. The third kappa shape index (κ3) is 8.48. The van der Waals surface area contributed by atoms with Gasteiger partial charge in [-0.15, -0.1) is 0 Å². The van der Waals surface area contributed by atoms with Gasteiger partial charge in [-0.25, -0.2) is 0 Å². The highest BCUT2D eigenvalue weighted by Crippen LogP contribution is 2.02. The minimum absolute atomic E-state index is 0.571. The Balaban J connectivity index is 3.28. The Bertz CT molecular complexity index is 109. The van der Waals surface area contributed by atoms with Crippen LogP contribution in [-0.2, 0) is 9.47 Å². The number of rotatable bonds is 10. The second kappa shape index (κ2) is 11.0. The third-order valence-corrected chi connectivity index (χ3v) is 2.27. The molecule has 3 nitrogen and oxygen atoms in total. The molecule has 0 radical (unpaired) electrons. The molecule has 1 unspecified atom stereocenters. The molecule has 0 spiro atoms. The molecule has 0 aliphatic heterocycles. The average Bonchev–Trinajstić information content (AvgIpc) is 2.22. The summed E-state index contributed by atoms with van der Waals surface area (Å²) in [6.07, 6.45) is 4.49. The van der Waals surface area contributed by atoms with Crippen LogP contribution < -0.4 is 5.32 Å². The number of methoxy groups -OCH3 is 1. The molecule has 0 saturated heterocycles. The second-order valence-corrected chi connectivity index (χ2v) is 3.52. The van der Waals surface area contributed by atoms with Gasteiger partial charge < -0.3 is 14.8 Å². The quantitative estimate of drug-likeness (QED) is 0.549. The molecule has 0 aromatic rings. The first-order valence-corrected chi connectivity index (χ1v) is 5.59. The van der Waals surface area contributed by atoms with Crippen LogP contribution in [0.1, 0.15) is 32.6 Å². The summed E-state index contributed by atoms with van der Waals surface area (Å²) >= 11 is 0. The maximum atomic E-state index is 5.45. The molecule has 0 heterocycles. The van der Waals surface area contributed by atoms with Gasteiger partial charge in [0.15, 0.2) is 0 Å². The molecular formula is C11H25NO2. The van der Waals surface area contributed by atoms with E-state index in [1.165, 1.54) is 6.42 Å². The summed E-state index contributed by atoms with van der Waals surface area (Å²) < 4.78 is 10.5. The molecule has 0 fully saturated rings. The van der Waals surface area contributed by atoms with Gasteiger partial charge in [-0.1, -0.05) is 6.92 Å². The lowest BCUT2D eigenvalue weighted by Crippen LogP contribution is -2.27. The van der Waals surface area contributed by atoms with Crippen molar-refractivity contribution in [3.8, 4) is 0 Å². The molecule has 1 atom stereocenters. The van der Waals surface area contributed by atoms with Crippen molar-refractivity contribution < 1.29 is 9.47 Å². The van der Waals surface area contributed by atoms with Crippen molar-refractivity contribution >= 4 is 0 Å². The van der Waals surface area contributed by atoms with E-state index < -0.39 is 0 Å². The molecule has 0 saturated carbocycles. The van der Waals surface area contributed by atoms with Gasteiger partial charge in [-0.3, -0.25) is 0 Å². The summed E-state index contributed by atoms with van der Waals surface area (Å²) in [6.45, 7) is 4.74. The van der Waals surface area contributed by atoms with Crippen LogP contribution >= 0.6 is 0 Å². The molecule has 14 heavy (non-hydrogen) atoms. The Morgan fingerprint density at radius 2 is 1.93 bits per heavy atom. The SMILES string of the molecule is CCCOCCC(CCCOC)NC. The molecule has 0 rings (SSSR count). The molecule has 0 aromatic carbocycles. The van der Waals surface area contributed by atoms with E-state index in [1.807, 2.05) is 7.05 Å². The maximum Gasteiger partial charge on any atom is 0.0480 e. The van der Waals surface area contributed by atoms with Crippen LogP contribution in [0.3, 0.4) is 0 Å². The highest BCUT2D eigenvalue weighted by atomic mass is 16.5. The Morgan fingerprint density at radius 1 is 1.14 bits per heavy atom. The van der Waals surface area contributed by atoms with Crippen LogP contribution in [0.4, 0.5) is 0 Å². The highest BCUT2D eigenvalue weighted by molar-refractivity contribution is 4.63. The number of nitrogens with one attached hydrogen (secondary N) is 1. The van der Waals surface area contributed by atoms with Crippen molar-refractivity contribution in [3.63, 3.8) is 0 Å². The number of hydrogen-bond acceptors (Lipinski definition) is 3. The van der Waals surface area contributed by atoms with Gasteiger partial charge in [0.25, 0.3) is 0 Å². The molecule has 1 N–H and O–H groups in total. The highest BCUT2D eigenvalue weighted by Gasteiger charge is 2.04. The lowest BCUT2D eigenvalue weighted by Gasteiger charge is -2.15. The van der Waals surface area contributed by atoms with Gasteiger partial charge >= 0.3 is 0 Å². The summed E-state index contributed by atoms with van der Waals surface area (Å²) in [5, 5.41) is 3.30. The standard InChI is InChI=1S/C11H25NO2/c1-4-8-14-10-7-11(12-2)6-5-9-13-3/h11-12H,4-10H2,1-3H3. The summed E-state index contributed by atoms with van der Waals surface area (Å²) in [6, 6.07) is 0.571. The van der Waals surface area contributed by atoms with Gasteiger partial charge in [0.1, 0.15) is 0 Å². The first-order valence-electron chi connectivity index (χ1n) is 5.59. The van der Waals surface area contributed by atoms with Crippen LogP contribution in [-0.4, -0.2) is 40.0 Å². The first kappa shape index (κ1) is 13.9. The van der Waals surface area contributed by atoms with E-state index >= 15 is 0 Å². The van der Waals surface area contributed by atoms with E-state index in [-0.39, 0.29) is 0 Å². The van der Waals surface area contributed by atoms with E-state index in [9.17, 15) is 0 Å². The van der Waals surface area contributed by atoms with E-state index in [0.29, 0.717) is 6.04 Å². The van der Waals surface area contributed by atoms with Gasteiger partial charge in [0.05, 0.1) is 0 Å². The van der Waals surface area contributed by atoms with Crippen LogP contribution in [0.25, 0.3) is 0 Å². The van der Waals surface area contributed by atoms with Crippen molar-refractivity contribution in [1.29, 1.82) is 0 Å². The Morgan fingerprint density at radius 3 is 2.50 bits per heavy atom. The fraction of sp³-hybridized carbons (Fsp3) is 1.00. The zero-order chi connectivity index (χ0) is 10.6. The predicted octanol–water partition coefficient (Wildman–Crippen LogP) is 1.82. The Hall–Kier alpha value is -0.120. The number of ether oxygens (including phenoxy) is 2. The van der Waals surface area contributed by atoms with Gasteiger partial charge in [-0.05, 0) is 32.7 Å². The lowest BCUT2D eigenvalue weighted by atomic mass is 10.1. The summed E-state index contributed by atoms with van der Waals surface area (Å²) in [7, 11) is 3.76.